The molecule has 2 aliphatic heterocycles. The molecular weight excluding hydrogens is 360 g/mol. The number of hydrogen-bond donors (Lipinski definition) is 0. The largest absolute Gasteiger partial charge is 0.456 e. The molecule has 1 fully saturated rings. The summed E-state index contributed by atoms with van der Waals surface area (Å²) in [6.45, 7) is 3.91. The molecule has 1 aromatic carbocycles. The Hall–Kier alpha value is -2.70. The Kier molecular flexibility index (Phi) is 6.11. The van der Waals surface area contributed by atoms with E-state index in [1.165, 1.54) is 0 Å². The van der Waals surface area contributed by atoms with Gasteiger partial charge >= 0.3 is 5.97 Å². The molecular formula is C21H26N2O5. The van der Waals surface area contributed by atoms with Crippen LogP contribution < -0.4 is 0 Å². The summed E-state index contributed by atoms with van der Waals surface area (Å²) in [6, 6.07) is 6.99. The number of fused-ring (bicyclic) bond motifs is 1. The number of nitrogens with zero attached hydrogens (tertiary/aromatic N) is 2. The monoisotopic (exact) mass is 386 g/mol. The van der Waals surface area contributed by atoms with E-state index in [2.05, 4.69) is 0 Å². The SMILES string of the molecule is C[C@@H]1CCC[C@@H](C)N1C(=O)COC(=O)CCCN1C(=O)c2ccccc2C1=O. The van der Waals surface area contributed by atoms with E-state index in [1.807, 2.05) is 13.8 Å². The van der Waals surface area contributed by atoms with Gasteiger partial charge < -0.3 is 9.64 Å². The number of amides is 3. The number of likely N-dealkylation sites (tertiary alicyclic amines) is 1. The first kappa shape index (κ1) is 20.0. The molecule has 0 bridgehead atoms. The van der Waals surface area contributed by atoms with E-state index in [0.717, 1.165) is 24.2 Å². The molecule has 0 saturated carbocycles. The topological polar surface area (TPSA) is 84.0 Å². The van der Waals surface area contributed by atoms with Crippen LogP contribution in [0.25, 0.3) is 0 Å². The number of ether oxygens (including phenoxy) is 1. The highest BCUT2D eigenvalue weighted by Crippen LogP contribution is 2.23. The third-order valence-electron chi connectivity index (χ3n) is 5.48. The number of benzene rings is 1. The summed E-state index contributed by atoms with van der Waals surface area (Å²) in [6.07, 6.45) is 3.37. The van der Waals surface area contributed by atoms with Crippen LogP contribution >= 0.6 is 0 Å². The molecule has 3 amide bonds. The number of carbonyl (C=O) groups is 4. The van der Waals surface area contributed by atoms with Gasteiger partial charge in [-0.3, -0.25) is 24.1 Å². The Labute approximate surface area is 164 Å². The minimum atomic E-state index is -0.498. The molecule has 0 N–H and O–H groups in total. The van der Waals surface area contributed by atoms with E-state index in [-0.39, 0.29) is 49.4 Å². The summed E-state index contributed by atoms with van der Waals surface area (Å²) in [7, 11) is 0. The van der Waals surface area contributed by atoms with Gasteiger partial charge in [-0.15, -0.1) is 0 Å². The van der Waals surface area contributed by atoms with Crippen LogP contribution in [0, 0.1) is 0 Å². The lowest BCUT2D eigenvalue weighted by atomic mass is 9.97. The number of carbonyl (C=O) groups excluding carboxylic acids is 4. The van der Waals surface area contributed by atoms with Crippen molar-refractivity contribution in [1.82, 2.24) is 9.80 Å². The fraction of sp³-hybridized carbons (Fsp3) is 0.524. The smallest absolute Gasteiger partial charge is 0.306 e. The first-order valence-electron chi connectivity index (χ1n) is 9.82. The number of imide groups is 1. The van der Waals surface area contributed by atoms with Crippen LogP contribution in [-0.2, 0) is 14.3 Å². The van der Waals surface area contributed by atoms with Crippen molar-refractivity contribution in [3.8, 4) is 0 Å². The Bertz CT molecular complexity index is 746. The van der Waals surface area contributed by atoms with Gasteiger partial charge in [-0.1, -0.05) is 12.1 Å². The summed E-state index contributed by atoms with van der Waals surface area (Å²) in [4.78, 5) is 51.8. The maximum absolute atomic E-state index is 12.4. The lowest BCUT2D eigenvalue weighted by Crippen LogP contribution is -2.49. The predicted molar refractivity (Wildman–Crippen MR) is 102 cm³/mol. The molecule has 0 radical (unpaired) electrons. The fourth-order valence-electron chi connectivity index (χ4n) is 4.03. The number of hydrogen-bond acceptors (Lipinski definition) is 5. The van der Waals surface area contributed by atoms with E-state index >= 15 is 0 Å². The second-order valence-corrected chi connectivity index (χ2v) is 7.50. The molecule has 1 saturated heterocycles. The molecule has 28 heavy (non-hydrogen) atoms. The van der Waals surface area contributed by atoms with Gasteiger partial charge in [0.2, 0.25) is 0 Å². The van der Waals surface area contributed by atoms with Crippen molar-refractivity contribution < 1.29 is 23.9 Å². The van der Waals surface area contributed by atoms with Gasteiger partial charge in [-0.25, -0.2) is 0 Å². The predicted octanol–water partition coefficient (Wildman–Crippen LogP) is 2.40. The third-order valence-corrected chi connectivity index (χ3v) is 5.48. The number of rotatable bonds is 6. The van der Waals surface area contributed by atoms with Crippen LogP contribution in [0.15, 0.2) is 24.3 Å². The van der Waals surface area contributed by atoms with Gasteiger partial charge in [0, 0.05) is 25.0 Å². The van der Waals surface area contributed by atoms with E-state index in [4.69, 9.17) is 4.74 Å². The second kappa shape index (κ2) is 8.54. The molecule has 7 nitrogen and oxygen atoms in total. The van der Waals surface area contributed by atoms with E-state index in [0.29, 0.717) is 17.5 Å². The Morgan fingerprint density at radius 1 is 1.04 bits per heavy atom. The van der Waals surface area contributed by atoms with E-state index < -0.39 is 5.97 Å². The van der Waals surface area contributed by atoms with Gasteiger partial charge in [0.25, 0.3) is 17.7 Å². The molecule has 0 aliphatic carbocycles. The summed E-state index contributed by atoms with van der Waals surface area (Å²) in [5.74, 6) is -1.34. The highest BCUT2D eigenvalue weighted by molar-refractivity contribution is 6.21. The van der Waals surface area contributed by atoms with E-state index in [9.17, 15) is 19.2 Å². The molecule has 7 heteroatoms. The first-order valence-corrected chi connectivity index (χ1v) is 9.82. The van der Waals surface area contributed by atoms with Crippen molar-refractivity contribution in [2.24, 2.45) is 0 Å². The summed E-state index contributed by atoms with van der Waals surface area (Å²) >= 11 is 0. The molecule has 0 spiro atoms. The Morgan fingerprint density at radius 3 is 2.18 bits per heavy atom. The van der Waals surface area contributed by atoms with Crippen LogP contribution in [0.5, 0.6) is 0 Å². The lowest BCUT2D eigenvalue weighted by Gasteiger charge is -2.38. The molecule has 2 atom stereocenters. The van der Waals surface area contributed by atoms with Crippen molar-refractivity contribution in [3.63, 3.8) is 0 Å². The summed E-state index contributed by atoms with van der Waals surface area (Å²) in [5.41, 5.74) is 0.788. The summed E-state index contributed by atoms with van der Waals surface area (Å²) < 4.78 is 5.12. The van der Waals surface area contributed by atoms with Crippen molar-refractivity contribution >= 4 is 23.7 Å². The van der Waals surface area contributed by atoms with Crippen molar-refractivity contribution in [2.75, 3.05) is 13.2 Å². The molecule has 2 heterocycles. The van der Waals surface area contributed by atoms with Crippen molar-refractivity contribution in [3.05, 3.63) is 35.4 Å². The Balaban J connectivity index is 1.42. The lowest BCUT2D eigenvalue weighted by molar-refractivity contribution is -0.154. The summed E-state index contributed by atoms with van der Waals surface area (Å²) in [5, 5.41) is 0. The quantitative estimate of drug-likeness (QED) is 0.554. The van der Waals surface area contributed by atoms with Crippen molar-refractivity contribution in [2.45, 2.75) is 58.0 Å². The minimum absolute atomic E-state index is 0.0474. The zero-order valence-corrected chi connectivity index (χ0v) is 16.3. The number of piperidine rings is 1. The Morgan fingerprint density at radius 2 is 1.61 bits per heavy atom. The van der Waals surface area contributed by atoms with Gasteiger partial charge in [-0.05, 0) is 51.7 Å². The fourth-order valence-corrected chi connectivity index (χ4v) is 4.03. The molecule has 0 unspecified atom stereocenters. The average Bonchev–Trinajstić information content (AvgIpc) is 2.91. The number of esters is 1. The molecule has 1 aromatic rings. The standard InChI is InChI=1S/C21H26N2O5/c1-14-7-5-8-15(2)23(14)18(24)13-28-19(25)11-6-12-22-20(26)16-9-3-4-10-17(16)21(22)27/h3-4,9-10,14-15H,5-8,11-13H2,1-2H3/t14-,15-/m1/s1. The van der Waals surface area contributed by atoms with Gasteiger partial charge in [-0.2, -0.15) is 0 Å². The third kappa shape index (κ3) is 4.08. The molecule has 150 valence electrons. The zero-order valence-electron chi connectivity index (χ0n) is 16.3. The van der Waals surface area contributed by atoms with Crippen LogP contribution in [0.4, 0.5) is 0 Å². The van der Waals surface area contributed by atoms with Crippen LogP contribution in [0.1, 0.15) is 66.7 Å². The van der Waals surface area contributed by atoms with Crippen LogP contribution in [-0.4, -0.2) is 58.7 Å². The molecule has 3 rings (SSSR count). The minimum Gasteiger partial charge on any atom is -0.456 e. The van der Waals surface area contributed by atoms with E-state index in [1.54, 1.807) is 29.2 Å². The van der Waals surface area contributed by atoms with Crippen LogP contribution in [0.2, 0.25) is 0 Å². The highest BCUT2D eigenvalue weighted by atomic mass is 16.5. The highest BCUT2D eigenvalue weighted by Gasteiger charge is 2.34. The van der Waals surface area contributed by atoms with Crippen molar-refractivity contribution in [1.29, 1.82) is 0 Å². The molecule has 2 aliphatic rings. The maximum atomic E-state index is 12.4. The van der Waals surface area contributed by atoms with Gasteiger partial charge in [0.05, 0.1) is 11.1 Å². The maximum Gasteiger partial charge on any atom is 0.306 e. The zero-order chi connectivity index (χ0) is 20.3. The second-order valence-electron chi connectivity index (χ2n) is 7.50. The van der Waals surface area contributed by atoms with Gasteiger partial charge in [0.15, 0.2) is 6.61 Å². The average molecular weight is 386 g/mol. The first-order chi connectivity index (χ1) is 13.4. The normalized spacial score (nSPS) is 21.6. The van der Waals surface area contributed by atoms with Crippen LogP contribution in [0.3, 0.4) is 0 Å². The van der Waals surface area contributed by atoms with Gasteiger partial charge in [0.1, 0.15) is 0 Å². The molecule has 0 aromatic heterocycles.